The van der Waals surface area contributed by atoms with Gasteiger partial charge in [0.05, 0.1) is 5.56 Å². The van der Waals surface area contributed by atoms with Crippen LogP contribution in [0.5, 0.6) is 0 Å². The van der Waals surface area contributed by atoms with Crippen molar-refractivity contribution in [3.8, 4) is 0 Å². The quantitative estimate of drug-likeness (QED) is 0.803. The Balaban J connectivity index is 2.08. The van der Waals surface area contributed by atoms with Crippen molar-refractivity contribution in [1.29, 1.82) is 0 Å². The van der Waals surface area contributed by atoms with Gasteiger partial charge in [-0.15, -0.1) is 0 Å². The van der Waals surface area contributed by atoms with E-state index in [1.807, 2.05) is 31.3 Å². The van der Waals surface area contributed by atoms with Crippen LogP contribution in [-0.2, 0) is 12.6 Å². The van der Waals surface area contributed by atoms with Gasteiger partial charge >= 0.3 is 6.18 Å². The first kappa shape index (κ1) is 16.1. The molecule has 1 aliphatic rings. The Morgan fingerprint density at radius 3 is 2.52 bits per heavy atom. The molecule has 1 N–H and O–H groups in total. The van der Waals surface area contributed by atoms with E-state index in [2.05, 4.69) is 11.4 Å². The van der Waals surface area contributed by atoms with Gasteiger partial charge in [0, 0.05) is 5.92 Å². The van der Waals surface area contributed by atoms with Gasteiger partial charge in [0.25, 0.3) is 0 Å². The Labute approximate surface area is 134 Å². The van der Waals surface area contributed by atoms with Crippen LogP contribution in [0.25, 0.3) is 0 Å². The fourth-order valence-electron chi connectivity index (χ4n) is 3.58. The van der Waals surface area contributed by atoms with Crippen LogP contribution in [0.15, 0.2) is 42.5 Å². The molecule has 1 nitrogen and oxygen atoms in total. The number of fused-ring (bicyclic) bond motifs is 2. The second kappa shape index (κ2) is 6.36. The first-order valence-electron chi connectivity index (χ1n) is 7.93. The Kier molecular flexibility index (Phi) is 4.44. The summed E-state index contributed by atoms with van der Waals surface area (Å²) >= 11 is 0. The van der Waals surface area contributed by atoms with Crippen molar-refractivity contribution in [2.75, 3.05) is 13.6 Å². The van der Waals surface area contributed by atoms with Crippen LogP contribution < -0.4 is 5.32 Å². The van der Waals surface area contributed by atoms with Crippen LogP contribution in [-0.4, -0.2) is 13.6 Å². The van der Waals surface area contributed by atoms with Gasteiger partial charge in [0.2, 0.25) is 0 Å². The minimum absolute atomic E-state index is 0.0469. The lowest BCUT2D eigenvalue weighted by Gasteiger charge is -2.30. The van der Waals surface area contributed by atoms with Gasteiger partial charge in [-0.1, -0.05) is 36.4 Å². The molecule has 0 aliphatic heterocycles. The highest BCUT2D eigenvalue weighted by molar-refractivity contribution is 5.52. The summed E-state index contributed by atoms with van der Waals surface area (Å²) in [5, 5.41) is 3.11. The molecule has 3 rings (SSSR count). The molecular weight excluding hydrogens is 299 g/mol. The third-order valence-electron chi connectivity index (χ3n) is 4.61. The van der Waals surface area contributed by atoms with Crippen molar-refractivity contribution in [2.45, 2.75) is 31.4 Å². The summed E-state index contributed by atoms with van der Waals surface area (Å²) < 4.78 is 40.1. The molecule has 1 atom stereocenters. The summed E-state index contributed by atoms with van der Waals surface area (Å²) in [4.78, 5) is 0. The molecule has 0 saturated heterocycles. The number of hydrogen-bond acceptors (Lipinski definition) is 1. The maximum absolute atomic E-state index is 13.4. The monoisotopic (exact) mass is 319 g/mol. The van der Waals surface area contributed by atoms with E-state index < -0.39 is 11.7 Å². The van der Waals surface area contributed by atoms with E-state index in [1.165, 1.54) is 11.6 Å². The van der Waals surface area contributed by atoms with E-state index in [1.54, 1.807) is 6.07 Å². The van der Waals surface area contributed by atoms with Crippen LogP contribution in [0.1, 0.15) is 46.6 Å². The molecule has 0 bridgehead atoms. The minimum Gasteiger partial charge on any atom is -0.320 e. The van der Waals surface area contributed by atoms with Gasteiger partial charge in [-0.3, -0.25) is 0 Å². The first-order chi connectivity index (χ1) is 11.0. The molecule has 0 heterocycles. The van der Waals surface area contributed by atoms with Crippen molar-refractivity contribution >= 4 is 0 Å². The average molecular weight is 319 g/mol. The lowest BCUT2D eigenvalue weighted by Crippen LogP contribution is -2.20. The predicted octanol–water partition coefficient (Wildman–Crippen LogP) is 4.74. The molecule has 1 aliphatic carbocycles. The lowest BCUT2D eigenvalue weighted by molar-refractivity contribution is -0.138. The van der Waals surface area contributed by atoms with Crippen molar-refractivity contribution in [3.63, 3.8) is 0 Å². The topological polar surface area (TPSA) is 12.0 Å². The standard InChI is InChI=1S/C19H20F3N/c1-23-11-5-9-15-14-7-3-2-6-13(14)12-17-16(15)8-4-10-18(17)19(20,21)22/h2-4,6-8,10,15,23H,5,9,11-12H2,1H3. The normalized spacial score (nSPS) is 16.8. The molecule has 122 valence electrons. The van der Waals surface area contributed by atoms with E-state index >= 15 is 0 Å². The summed E-state index contributed by atoms with van der Waals surface area (Å²) in [5.74, 6) is 0.0469. The molecular formula is C19H20F3N. The van der Waals surface area contributed by atoms with Gasteiger partial charge < -0.3 is 5.32 Å². The fourth-order valence-corrected chi connectivity index (χ4v) is 3.58. The lowest BCUT2D eigenvalue weighted by atomic mass is 9.74. The number of benzene rings is 2. The highest BCUT2D eigenvalue weighted by Crippen LogP contribution is 2.44. The highest BCUT2D eigenvalue weighted by atomic mass is 19.4. The van der Waals surface area contributed by atoms with Gasteiger partial charge in [0.1, 0.15) is 0 Å². The van der Waals surface area contributed by atoms with Crippen LogP contribution >= 0.6 is 0 Å². The number of halogens is 3. The molecule has 0 amide bonds. The zero-order valence-electron chi connectivity index (χ0n) is 13.1. The third kappa shape index (κ3) is 3.13. The maximum Gasteiger partial charge on any atom is 0.416 e. The Hall–Kier alpha value is -1.81. The summed E-state index contributed by atoms with van der Waals surface area (Å²) in [6.45, 7) is 0.868. The van der Waals surface area contributed by atoms with Crippen LogP contribution in [0.4, 0.5) is 13.2 Å². The number of hydrogen-bond donors (Lipinski definition) is 1. The van der Waals surface area contributed by atoms with Crippen LogP contribution in [0, 0.1) is 0 Å². The van der Waals surface area contributed by atoms with E-state index in [0.717, 1.165) is 30.5 Å². The van der Waals surface area contributed by atoms with Crippen molar-refractivity contribution in [3.05, 3.63) is 70.3 Å². The molecule has 0 saturated carbocycles. The largest absolute Gasteiger partial charge is 0.416 e. The van der Waals surface area contributed by atoms with Gasteiger partial charge in [0.15, 0.2) is 0 Å². The average Bonchev–Trinajstić information content (AvgIpc) is 2.53. The highest BCUT2D eigenvalue weighted by Gasteiger charge is 2.37. The van der Waals surface area contributed by atoms with E-state index in [-0.39, 0.29) is 5.92 Å². The van der Waals surface area contributed by atoms with E-state index in [9.17, 15) is 13.2 Å². The smallest absolute Gasteiger partial charge is 0.320 e. The molecule has 0 spiro atoms. The van der Waals surface area contributed by atoms with Crippen LogP contribution in [0.3, 0.4) is 0 Å². The number of rotatable bonds is 4. The van der Waals surface area contributed by atoms with E-state index in [4.69, 9.17) is 0 Å². The Morgan fingerprint density at radius 2 is 1.78 bits per heavy atom. The van der Waals surface area contributed by atoms with Gasteiger partial charge in [-0.05, 0) is 61.2 Å². The fraction of sp³-hybridized carbons (Fsp3) is 0.368. The summed E-state index contributed by atoms with van der Waals surface area (Å²) in [6, 6.07) is 12.5. The summed E-state index contributed by atoms with van der Waals surface area (Å²) in [5.41, 5.74) is 3.01. The molecule has 0 fully saturated rings. The SMILES string of the molecule is CNCCCC1c2ccccc2Cc2c1cccc2C(F)(F)F. The predicted molar refractivity (Wildman–Crippen MR) is 85.7 cm³/mol. The summed E-state index contributed by atoms with van der Waals surface area (Å²) in [7, 11) is 1.89. The number of alkyl halides is 3. The zero-order chi connectivity index (χ0) is 16.4. The minimum atomic E-state index is -4.30. The third-order valence-corrected chi connectivity index (χ3v) is 4.61. The summed E-state index contributed by atoms with van der Waals surface area (Å²) in [6.07, 6.45) is -2.14. The first-order valence-corrected chi connectivity index (χ1v) is 7.93. The van der Waals surface area contributed by atoms with Crippen molar-refractivity contribution in [1.82, 2.24) is 5.32 Å². The van der Waals surface area contributed by atoms with Gasteiger partial charge in [-0.2, -0.15) is 13.2 Å². The molecule has 0 aromatic heterocycles. The zero-order valence-corrected chi connectivity index (χ0v) is 13.1. The Bertz CT molecular complexity index is 691. The van der Waals surface area contributed by atoms with Crippen molar-refractivity contribution < 1.29 is 13.2 Å². The van der Waals surface area contributed by atoms with Gasteiger partial charge in [-0.25, -0.2) is 0 Å². The second-order valence-electron chi connectivity index (χ2n) is 6.05. The molecule has 2 aromatic carbocycles. The van der Waals surface area contributed by atoms with Crippen molar-refractivity contribution in [2.24, 2.45) is 0 Å². The molecule has 0 radical (unpaired) electrons. The Morgan fingerprint density at radius 1 is 1.04 bits per heavy atom. The molecule has 4 heteroatoms. The maximum atomic E-state index is 13.4. The van der Waals surface area contributed by atoms with Crippen LogP contribution in [0.2, 0.25) is 0 Å². The molecule has 2 aromatic rings. The second-order valence-corrected chi connectivity index (χ2v) is 6.05. The molecule has 1 unspecified atom stereocenters. The number of nitrogens with one attached hydrogen (secondary N) is 1. The molecule has 23 heavy (non-hydrogen) atoms. The van der Waals surface area contributed by atoms with E-state index in [0.29, 0.717) is 12.0 Å².